The third-order valence-electron chi connectivity index (χ3n) is 4.90. The Balaban J connectivity index is 1.75. The molecule has 2 N–H and O–H groups in total. The van der Waals surface area contributed by atoms with Gasteiger partial charge < -0.3 is 10.1 Å². The second-order valence-electron chi connectivity index (χ2n) is 7.72. The Labute approximate surface area is 189 Å². The molecule has 0 aliphatic carbocycles. The zero-order valence-corrected chi connectivity index (χ0v) is 19.5. The summed E-state index contributed by atoms with van der Waals surface area (Å²) in [5.41, 5.74) is 4.17. The van der Waals surface area contributed by atoms with E-state index in [4.69, 9.17) is 4.74 Å². The molecule has 0 radical (unpaired) electrons. The largest absolute Gasteiger partial charge is 0.494 e. The van der Waals surface area contributed by atoms with Crippen molar-refractivity contribution in [3.8, 4) is 5.75 Å². The van der Waals surface area contributed by atoms with Gasteiger partial charge in [-0.2, -0.15) is 0 Å². The highest BCUT2D eigenvalue weighted by Gasteiger charge is 2.19. The number of sulfonamides is 1. The van der Waals surface area contributed by atoms with Gasteiger partial charge in [0.2, 0.25) is 0 Å². The van der Waals surface area contributed by atoms with Gasteiger partial charge in [-0.15, -0.1) is 0 Å². The molecule has 7 heteroatoms. The number of anilines is 1. The van der Waals surface area contributed by atoms with Gasteiger partial charge in [0.1, 0.15) is 5.75 Å². The lowest BCUT2D eigenvalue weighted by molar-refractivity contribution is 0.0950. The quantitative estimate of drug-likeness (QED) is 0.517. The van der Waals surface area contributed by atoms with Crippen LogP contribution >= 0.6 is 0 Å². The number of hydrogen-bond acceptors (Lipinski definition) is 4. The molecule has 3 aromatic rings. The van der Waals surface area contributed by atoms with Crippen LogP contribution in [0.5, 0.6) is 5.75 Å². The summed E-state index contributed by atoms with van der Waals surface area (Å²) in [6, 6.07) is 17.6. The third kappa shape index (κ3) is 5.88. The number of rotatable bonds is 8. The highest BCUT2D eigenvalue weighted by Crippen LogP contribution is 2.22. The second kappa shape index (κ2) is 9.87. The molecule has 0 saturated carbocycles. The first-order chi connectivity index (χ1) is 15.2. The summed E-state index contributed by atoms with van der Waals surface area (Å²) < 4.78 is 34.1. The van der Waals surface area contributed by atoms with Gasteiger partial charge in [-0.25, -0.2) is 8.42 Å². The smallest absolute Gasteiger partial charge is 0.262 e. The number of benzene rings is 3. The lowest BCUT2D eigenvalue weighted by atomic mass is 10.1. The van der Waals surface area contributed by atoms with Crippen molar-refractivity contribution in [2.24, 2.45) is 0 Å². The number of hydrogen-bond donors (Lipinski definition) is 2. The average Bonchev–Trinajstić information content (AvgIpc) is 2.72. The molecule has 0 unspecified atom stereocenters. The van der Waals surface area contributed by atoms with E-state index in [2.05, 4.69) is 10.0 Å². The number of ether oxygens (including phenoxy) is 1. The molecular formula is C25H28N2O4S. The van der Waals surface area contributed by atoms with Gasteiger partial charge in [0.25, 0.3) is 15.9 Å². The summed E-state index contributed by atoms with van der Waals surface area (Å²) >= 11 is 0. The van der Waals surface area contributed by atoms with Crippen LogP contribution in [-0.4, -0.2) is 20.9 Å². The van der Waals surface area contributed by atoms with E-state index in [1.807, 2.05) is 51.1 Å². The van der Waals surface area contributed by atoms with E-state index in [0.717, 1.165) is 22.4 Å². The summed E-state index contributed by atoms with van der Waals surface area (Å²) in [7, 11) is -3.85. The van der Waals surface area contributed by atoms with Gasteiger partial charge in [-0.3, -0.25) is 9.52 Å². The minimum atomic E-state index is -3.85. The van der Waals surface area contributed by atoms with Crippen LogP contribution in [0.15, 0.2) is 65.6 Å². The van der Waals surface area contributed by atoms with Crippen LogP contribution in [0.4, 0.5) is 5.69 Å². The van der Waals surface area contributed by atoms with Crippen LogP contribution < -0.4 is 14.8 Å². The van der Waals surface area contributed by atoms with Crippen LogP contribution in [0.1, 0.15) is 39.5 Å². The Kier molecular flexibility index (Phi) is 7.20. The topological polar surface area (TPSA) is 84.5 Å². The molecule has 1 amide bonds. The van der Waals surface area contributed by atoms with Crippen LogP contribution in [0.3, 0.4) is 0 Å². The van der Waals surface area contributed by atoms with Crippen molar-refractivity contribution in [2.45, 2.75) is 39.1 Å². The molecule has 0 atom stereocenters. The predicted molar refractivity (Wildman–Crippen MR) is 127 cm³/mol. The molecule has 3 aromatic carbocycles. The Morgan fingerprint density at radius 2 is 1.56 bits per heavy atom. The van der Waals surface area contributed by atoms with E-state index in [9.17, 15) is 13.2 Å². The van der Waals surface area contributed by atoms with Crippen LogP contribution in [0, 0.1) is 20.8 Å². The molecule has 0 spiro atoms. The molecule has 0 saturated heterocycles. The SMILES string of the molecule is CCOc1ccc(CNC(=O)c2ccc(C)c(S(=O)(=O)Nc3cc(C)cc(C)c3)c2)cc1. The van der Waals surface area contributed by atoms with Crippen molar-refractivity contribution in [2.75, 3.05) is 11.3 Å². The van der Waals surface area contributed by atoms with Gasteiger partial charge >= 0.3 is 0 Å². The van der Waals surface area contributed by atoms with Crippen molar-refractivity contribution in [1.29, 1.82) is 0 Å². The molecule has 3 rings (SSSR count). The average molecular weight is 453 g/mol. The maximum atomic E-state index is 13.0. The standard InChI is InChI=1S/C25H28N2O4S/c1-5-31-23-10-7-20(8-11-23)16-26-25(28)21-9-6-19(4)24(15-21)32(29,30)27-22-13-17(2)12-18(3)14-22/h6-15,27H,5,16H2,1-4H3,(H,26,28). The minimum absolute atomic E-state index is 0.0744. The molecular weight excluding hydrogens is 424 g/mol. The van der Waals surface area contributed by atoms with E-state index in [1.54, 1.807) is 31.2 Å². The summed E-state index contributed by atoms with van der Waals surface area (Å²) in [4.78, 5) is 12.7. The van der Waals surface area contributed by atoms with Crippen LogP contribution in [0.2, 0.25) is 0 Å². The Hall–Kier alpha value is -3.32. The highest BCUT2D eigenvalue weighted by molar-refractivity contribution is 7.92. The maximum absolute atomic E-state index is 13.0. The van der Waals surface area contributed by atoms with Crippen molar-refractivity contribution in [3.05, 3.63) is 88.5 Å². The lowest BCUT2D eigenvalue weighted by Crippen LogP contribution is -2.23. The van der Waals surface area contributed by atoms with Gasteiger partial charge in [0, 0.05) is 17.8 Å². The predicted octanol–water partition coefficient (Wildman–Crippen LogP) is 4.74. The fraction of sp³-hybridized carbons (Fsp3) is 0.240. The minimum Gasteiger partial charge on any atom is -0.494 e. The summed E-state index contributed by atoms with van der Waals surface area (Å²) in [5.74, 6) is 0.425. The molecule has 0 aliphatic heterocycles. The van der Waals surface area contributed by atoms with Crippen molar-refractivity contribution >= 4 is 21.6 Å². The molecule has 168 valence electrons. The highest BCUT2D eigenvalue weighted by atomic mass is 32.2. The first kappa shape index (κ1) is 23.3. The number of carbonyl (C=O) groups is 1. The normalized spacial score (nSPS) is 11.1. The van der Waals surface area contributed by atoms with Crippen LogP contribution in [0.25, 0.3) is 0 Å². The fourth-order valence-corrected chi connectivity index (χ4v) is 4.74. The number of nitrogens with one attached hydrogen (secondary N) is 2. The fourth-order valence-electron chi connectivity index (χ4n) is 3.43. The molecule has 0 fully saturated rings. The summed E-state index contributed by atoms with van der Waals surface area (Å²) in [6.45, 7) is 8.35. The van der Waals surface area contributed by atoms with E-state index in [1.165, 1.54) is 6.07 Å². The van der Waals surface area contributed by atoms with Crippen molar-refractivity contribution in [1.82, 2.24) is 5.32 Å². The Morgan fingerprint density at radius 1 is 0.906 bits per heavy atom. The molecule has 32 heavy (non-hydrogen) atoms. The number of aryl methyl sites for hydroxylation is 3. The molecule has 0 heterocycles. The van der Waals surface area contributed by atoms with Crippen LogP contribution in [-0.2, 0) is 16.6 Å². The van der Waals surface area contributed by atoms with Crippen molar-refractivity contribution < 1.29 is 17.9 Å². The second-order valence-corrected chi connectivity index (χ2v) is 9.37. The van der Waals surface area contributed by atoms with E-state index in [0.29, 0.717) is 24.4 Å². The molecule has 0 aromatic heterocycles. The van der Waals surface area contributed by atoms with Crippen molar-refractivity contribution in [3.63, 3.8) is 0 Å². The molecule has 6 nitrogen and oxygen atoms in total. The first-order valence-electron chi connectivity index (χ1n) is 10.4. The zero-order valence-electron chi connectivity index (χ0n) is 18.7. The number of carbonyl (C=O) groups excluding carboxylic acids is 1. The lowest BCUT2D eigenvalue weighted by Gasteiger charge is -2.13. The Bertz CT molecular complexity index is 1200. The van der Waals surface area contributed by atoms with Gasteiger partial charge in [0.15, 0.2) is 0 Å². The Morgan fingerprint density at radius 3 is 2.19 bits per heavy atom. The molecule has 0 bridgehead atoms. The molecule has 0 aliphatic rings. The summed E-state index contributed by atoms with van der Waals surface area (Å²) in [6.07, 6.45) is 0. The third-order valence-corrected chi connectivity index (χ3v) is 6.42. The van der Waals surface area contributed by atoms with Gasteiger partial charge in [-0.05, 0) is 86.3 Å². The summed E-state index contributed by atoms with van der Waals surface area (Å²) in [5, 5.41) is 2.83. The maximum Gasteiger partial charge on any atom is 0.262 e. The van der Waals surface area contributed by atoms with E-state index < -0.39 is 10.0 Å². The zero-order chi connectivity index (χ0) is 23.3. The monoisotopic (exact) mass is 452 g/mol. The van der Waals surface area contributed by atoms with E-state index in [-0.39, 0.29) is 16.4 Å². The first-order valence-corrected chi connectivity index (χ1v) is 11.9. The van der Waals surface area contributed by atoms with Gasteiger partial charge in [0.05, 0.1) is 11.5 Å². The number of amides is 1. The van der Waals surface area contributed by atoms with Gasteiger partial charge in [-0.1, -0.05) is 24.3 Å². The van der Waals surface area contributed by atoms with E-state index >= 15 is 0 Å².